The number of ether oxygens (including phenoxy) is 2. The molecule has 0 fully saturated rings. The van der Waals surface area contributed by atoms with E-state index in [0.29, 0.717) is 16.9 Å². The lowest BCUT2D eigenvalue weighted by atomic mass is 9.69. The molecule has 162 valence electrons. The first-order valence-corrected chi connectivity index (χ1v) is 10.5. The smallest absolute Gasteiger partial charge is 0.312 e. The molecule has 1 atom stereocenters. The van der Waals surface area contributed by atoms with Crippen molar-refractivity contribution < 1.29 is 19.1 Å². The van der Waals surface area contributed by atoms with E-state index in [1.54, 1.807) is 36.4 Å². The average Bonchev–Trinajstić information content (AvgIpc) is 2.70. The van der Waals surface area contributed by atoms with Gasteiger partial charge in [0.1, 0.15) is 19.0 Å². The van der Waals surface area contributed by atoms with Crippen molar-refractivity contribution in [2.24, 2.45) is 16.7 Å². The monoisotopic (exact) mass is 410 g/mol. The second-order valence-electron chi connectivity index (χ2n) is 9.51. The van der Waals surface area contributed by atoms with E-state index in [1.807, 2.05) is 25.1 Å². The highest BCUT2D eigenvalue weighted by molar-refractivity contribution is 6.08. The molecule has 0 aliphatic rings. The van der Waals surface area contributed by atoms with Crippen LogP contribution < -0.4 is 4.74 Å². The highest BCUT2D eigenvalue weighted by Gasteiger charge is 2.41. The maximum atomic E-state index is 12.7. The molecule has 0 aliphatic heterocycles. The fourth-order valence-corrected chi connectivity index (χ4v) is 3.53. The summed E-state index contributed by atoms with van der Waals surface area (Å²) in [5.74, 6) is 0.611. The molecule has 30 heavy (non-hydrogen) atoms. The second-order valence-corrected chi connectivity index (χ2v) is 9.51. The van der Waals surface area contributed by atoms with Gasteiger partial charge < -0.3 is 9.47 Å². The van der Waals surface area contributed by atoms with Gasteiger partial charge in [-0.1, -0.05) is 65.0 Å². The molecule has 2 aromatic rings. The Morgan fingerprint density at radius 1 is 0.833 bits per heavy atom. The first-order valence-electron chi connectivity index (χ1n) is 10.5. The van der Waals surface area contributed by atoms with Gasteiger partial charge in [-0.3, -0.25) is 9.59 Å². The normalized spacial score (nSPS) is 13.6. The van der Waals surface area contributed by atoms with E-state index in [-0.39, 0.29) is 36.3 Å². The van der Waals surface area contributed by atoms with E-state index in [2.05, 4.69) is 34.6 Å². The van der Waals surface area contributed by atoms with Crippen molar-refractivity contribution in [1.29, 1.82) is 0 Å². The lowest BCUT2D eigenvalue weighted by Gasteiger charge is -2.36. The summed E-state index contributed by atoms with van der Waals surface area (Å²) in [7, 11) is 0. The largest absolute Gasteiger partial charge is 0.490 e. The Bertz CT molecular complexity index is 832. The van der Waals surface area contributed by atoms with Crippen LogP contribution in [0.25, 0.3) is 0 Å². The quantitative estimate of drug-likeness (QED) is 0.292. The summed E-state index contributed by atoms with van der Waals surface area (Å²) in [4.78, 5) is 25.2. The Balaban J connectivity index is 1.86. The lowest BCUT2D eigenvalue weighted by molar-refractivity contribution is -0.160. The van der Waals surface area contributed by atoms with E-state index < -0.39 is 5.41 Å². The van der Waals surface area contributed by atoms with Crippen LogP contribution in [0.1, 0.15) is 63.9 Å². The summed E-state index contributed by atoms with van der Waals surface area (Å²) >= 11 is 0. The maximum absolute atomic E-state index is 12.7. The summed E-state index contributed by atoms with van der Waals surface area (Å²) in [5, 5.41) is 0. The van der Waals surface area contributed by atoms with E-state index in [0.717, 1.165) is 6.42 Å². The third-order valence-electron chi connectivity index (χ3n) is 5.38. The number of hydrogen-bond donors (Lipinski definition) is 0. The zero-order chi connectivity index (χ0) is 22.4. The minimum absolute atomic E-state index is 0.0251. The minimum Gasteiger partial charge on any atom is -0.490 e. The van der Waals surface area contributed by atoms with Gasteiger partial charge in [0.25, 0.3) is 0 Å². The van der Waals surface area contributed by atoms with Crippen LogP contribution >= 0.6 is 0 Å². The Kier molecular flexibility index (Phi) is 7.83. The Morgan fingerprint density at radius 2 is 1.40 bits per heavy atom. The van der Waals surface area contributed by atoms with Gasteiger partial charge in [-0.15, -0.1) is 0 Å². The molecule has 0 saturated heterocycles. The second kappa shape index (κ2) is 9.92. The molecule has 4 nitrogen and oxygen atoms in total. The van der Waals surface area contributed by atoms with Crippen molar-refractivity contribution in [1.82, 2.24) is 0 Å². The van der Waals surface area contributed by atoms with E-state index in [9.17, 15) is 9.59 Å². The number of esters is 1. The van der Waals surface area contributed by atoms with Gasteiger partial charge in [-0.05, 0) is 48.9 Å². The number of rotatable bonds is 9. The molecular weight excluding hydrogens is 376 g/mol. The van der Waals surface area contributed by atoms with Crippen LogP contribution in [0.2, 0.25) is 0 Å². The molecule has 0 aliphatic carbocycles. The topological polar surface area (TPSA) is 52.6 Å². The third-order valence-corrected chi connectivity index (χ3v) is 5.38. The van der Waals surface area contributed by atoms with Crippen LogP contribution in [0.15, 0.2) is 54.6 Å². The van der Waals surface area contributed by atoms with Gasteiger partial charge in [0.2, 0.25) is 0 Å². The molecule has 1 unspecified atom stereocenters. The molecule has 0 bridgehead atoms. The van der Waals surface area contributed by atoms with Gasteiger partial charge in [-0.2, -0.15) is 0 Å². The third kappa shape index (κ3) is 6.45. The molecule has 0 heterocycles. The molecule has 2 aromatic carbocycles. The SMILES string of the molecule is CC(C)C(C)(CC(C)(C)C)C(=O)OCCOc1ccc(C(=O)c2ccccc2)cc1. The van der Waals surface area contributed by atoms with E-state index in [1.165, 1.54) is 0 Å². The molecule has 4 heteroatoms. The average molecular weight is 411 g/mol. The maximum Gasteiger partial charge on any atom is 0.312 e. The van der Waals surface area contributed by atoms with Crippen LogP contribution in [0.5, 0.6) is 5.75 Å². The summed E-state index contributed by atoms with van der Waals surface area (Å²) < 4.78 is 11.2. The van der Waals surface area contributed by atoms with Crippen LogP contribution in [0.4, 0.5) is 0 Å². The minimum atomic E-state index is -0.530. The molecule has 0 spiro atoms. The van der Waals surface area contributed by atoms with Crippen LogP contribution in [-0.2, 0) is 9.53 Å². The summed E-state index contributed by atoms with van der Waals surface area (Å²) in [6.07, 6.45) is 0.758. The number of ketones is 1. The Morgan fingerprint density at radius 3 is 1.93 bits per heavy atom. The fourth-order valence-electron chi connectivity index (χ4n) is 3.53. The lowest BCUT2D eigenvalue weighted by Crippen LogP contribution is -2.39. The molecule has 2 rings (SSSR count). The highest BCUT2D eigenvalue weighted by atomic mass is 16.6. The molecular formula is C26H34O4. The number of hydrogen-bond acceptors (Lipinski definition) is 4. The number of carbonyl (C=O) groups excluding carboxylic acids is 2. The van der Waals surface area contributed by atoms with Crippen molar-refractivity contribution in [2.75, 3.05) is 13.2 Å². The summed E-state index contributed by atoms with van der Waals surface area (Å²) in [6, 6.07) is 16.2. The summed E-state index contributed by atoms with van der Waals surface area (Å²) in [5.41, 5.74) is 0.766. The van der Waals surface area contributed by atoms with Crippen molar-refractivity contribution in [3.63, 3.8) is 0 Å². The first-order chi connectivity index (χ1) is 14.0. The molecule has 0 amide bonds. The van der Waals surface area contributed by atoms with Crippen LogP contribution in [0, 0.1) is 16.7 Å². The van der Waals surface area contributed by atoms with Crippen molar-refractivity contribution in [2.45, 2.75) is 48.0 Å². The predicted molar refractivity (Wildman–Crippen MR) is 120 cm³/mol. The van der Waals surface area contributed by atoms with E-state index in [4.69, 9.17) is 9.47 Å². The van der Waals surface area contributed by atoms with E-state index >= 15 is 0 Å². The van der Waals surface area contributed by atoms with Gasteiger partial charge in [0, 0.05) is 11.1 Å². The molecule has 0 aromatic heterocycles. The number of benzene rings is 2. The standard InChI is InChI=1S/C26H34O4/c1-19(2)26(6,18-25(3,4)5)24(28)30-17-16-29-22-14-12-21(13-15-22)23(27)20-10-8-7-9-11-20/h7-15,19H,16-18H2,1-6H3. The van der Waals surface area contributed by atoms with Gasteiger partial charge in [-0.25, -0.2) is 0 Å². The molecule has 0 saturated carbocycles. The molecule has 0 N–H and O–H groups in total. The van der Waals surface area contributed by atoms with Crippen molar-refractivity contribution in [3.8, 4) is 5.75 Å². The predicted octanol–water partition coefficient (Wildman–Crippen LogP) is 5.94. The fraction of sp³-hybridized carbons (Fsp3) is 0.462. The first kappa shape index (κ1) is 23.7. The van der Waals surface area contributed by atoms with Gasteiger partial charge >= 0.3 is 5.97 Å². The van der Waals surface area contributed by atoms with Crippen molar-refractivity contribution >= 4 is 11.8 Å². The zero-order valence-corrected chi connectivity index (χ0v) is 19.0. The zero-order valence-electron chi connectivity index (χ0n) is 19.0. The number of carbonyl (C=O) groups is 2. The van der Waals surface area contributed by atoms with Gasteiger partial charge in [0.15, 0.2) is 5.78 Å². The van der Waals surface area contributed by atoms with Gasteiger partial charge in [0.05, 0.1) is 5.41 Å². The highest BCUT2D eigenvalue weighted by Crippen LogP contribution is 2.40. The van der Waals surface area contributed by atoms with Crippen LogP contribution in [-0.4, -0.2) is 25.0 Å². The Hall–Kier alpha value is -2.62. The van der Waals surface area contributed by atoms with Crippen molar-refractivity contribution in [3.05, 3.63) is 65.7 Å². The molecule has 0 radical (unpaired) electrons. The summed E-state index contributed by atoms with van der Waals surface area (Å²) in [6.45, 7) is 13.0. The van der Waals surface area contributed by atoms with Crippen LogP contribution in [0.3, 0.4) is 0 Å². The Labute approximate surface area is 180 Å².